The standard InChI is InChI=1S/C18H18N6O3/c1-11-7-13-4-3-12(9-24(13)8-11)14(25)20-10-18(15-19-5-6-23(15)2)16(26)21-17(27)22-18/h3-9H,10H2,1-2H3,(H,20,25)(H2,21,22,26,27). The van der Waals surface area contributed by atoms with Crippen molar-refractivity contribution in [2.24, 2.45) is 7.05 Å². The zero-order valence-electron chi connectivity index (χ0n) is 14.8. The maximum Gasteiger partial charge on any atom is 0.322 e. The van der Waals surface area contributed by atoms with Gasteiger partial charge in [0, 0.05) is 37.4 Å². The Labute approximate surface area is 154 Å². The largest absolute Gasteiger partial charge is 0.349 e. The highest BCUT2D eigenvalue weighted by molar-refractivity contribution is 6.07. The van der Waals surface area contributed by atoms with Crippen molar-refractivity contribution in [1.29, 1.82) is 0 Å². The lowest BCUT2D eigenvalue weighted by Crippen LogP contribution is -2.54. The molecule has 0 radical (unpaired) electrons. The number of carbonyl (C=O) groups excluding carboxylic acids is 3. The fraction of sp³-hybridized carbons (Fsp3) is 0.222. The maximum atomic E-state index is 12.6. The van der Waals surface area contributed by atoms with Crippen molar-refractivity contribution in [2.75, 3.05) is 6.54 Å². The van der Waals surface area contributed by atoms with Gasteiger partial charge in [-0.1, -0.05) is 0 Å². The Kier molecular flexibility index (Phi) is 3.72. The molecule has 0 saturated carbocycles. The average Bonchev–Trinajstić information content (AvgIpc) is 3.28. The Morgan fingerprint density at radius 2 is 2.11 bits per heavy atom. The van der Waals surface area contributed by atoms with E-state index in [1.807, 2.05) is 29.7 Å². The van der Waals surface area contributed by atoms with Crippen LogP contribution in [0.4, 0.5) is 4.79 Å². The lowest BCUT2D eigenvalue weighted by atomic mass is 9.98. The van der Waals surface area contributed by atoms with Gasteiger partial charge in [0.25, 0.3) is 11.8 Å². The van der Waals surface area contributed by atoms with Crippen molar-refractivity contribution >= 4 is 23.4 Å². The van der Waals surface area contributed by atoms with Crippen molar-refractivity contribution in [2.45, 2.75) is 12.5 Å². The fourth-order valence-electron chi connectivity index (χ4n) is 3.33. The first-order chi connectivity index (χ1) is 12.9. The minimum atomic E-state index is -1.46. The molecule has 9 heteroatoms. The highest BCUT2D eigenvalue weighted by Gasteiger charge is 2.50. The summed E-state index contributed by atoms with van der Waals surface area (Å²) in [4.78, 5) is 41.0. The first-order valence-electron chi connectivity index (χ1n) is 8.37. The van der Waals surface area contributed by atoms with E-state index in [1.165, 1.54) is 6.20 Å². The number of hydrogen-bond donors (Lipinski definition) is 3. The van der Waals surface area contributed by atoms with Gasteiger partial charge in [-0.15, -0.1) is 0 Å². The third kappa shape index (κ3) is 2.73. The number of urea groups is 1. The van der Waals surface area contributed by atoms with Gasteiger partial charge in [0.2, 0.25) is 0 Å². The predicted octanol–water partition coefficient (Wildman–Crippen LogP) is 0.446. The number of nitrogens with zero attached hydrogens (tertiary/aromatic N) is 3. The van der Waals surface area contributed by atoms with Gasteiger partial charge in [-0.2, -0.15) is 0 Å². The van der Waals surface area contributed by atoms with Gasteiger partial charge >= 0.3 is 6.03 Å². The molecule has 1 aliphatic heterocycles. The minimum Gasteiger partial charge on any atom is -0.349 e. The van der Waals surface area contributed by atoms with E-state index in [9.17, 15) is 14.4 Å². The van der Waals surface area contributed by atoms with Crippen LogP contribution < -0.4 is 16.0 Å². The topological polar surface area (TPSA) is 110 Å². The normalized spacial score (nSPS) is 19.2. The van der Waals surface area contributed by atoms with Crippen LogP contribution in [0.2, 0.25) is 0 Å². The summed E-state index contributed by atoms with van der Waals surface area (Å²) in [5, 5.41) is 7.55. The summed E-state index contributed by atoms with van der Waals surface area (Å²) in [5.41, 5.74) is 1.06. The van der Waals surface area contributed by atoms with E-state index in [2.05, 4.69) is 20.9 Å². The van der Waals surface area contributed by atoms with Crippen LogP contribution in [0, 0.1) is 6.92 Å². The first-order valence-corrected chi connectivity index (χ1v) is 8.37. The van der Waals surface area contributed by atoms with Crippen molar-refractivity contribution in [3.8, 4) is 0 Å². The highest BCUT2D eigenvalue weighted by atomic mass is 16.2. The van der Waals surface area contributed by atoms with Gasteiger partial charge < -0.3 is 19.6 Å². The number of imide groups is 1. The summed E-state index contributed by atoms with van der Waals surface area (Å²) in [7, 11) is 1.71. The predicted molar refractivity (Wildman–Crippen MR) is 96.0 cm³/mol. The Hall–Kier alpha value is -3.62. The molecule has 1 saturated heterocycles. The molecule has 9 nitrogen and oxygen atoms in total. The molecule has 1 fully saturated rings. The minimum absolute atomic E-state index is 0.128. The van der Waals surface area contributed by atoms with Crippen LogP contribution in [0.1, 0.15) is 21.7 Å². The molecule has 27 heavy (non-hydrogen) atoms. The Bertz CT molecular complexity index is 1080. The summed E-state index contributed by atoms with van der Waals surface area (Å²) in [5.74, 6) is -0.577. The van der Waals surface area contributed by atoms with E-state index in [1.54, 1.807) is 30.1 Å². The van der Waals surface area contributed by atoms with Crippen LogP contribution >= 0.6 is 0 Å². The highest BCUT2D eigenvalue weighted by Crippen LogP contribution is 2.22. The number of rotatable bonds is 4. The quantitative estimate of drug-likeness (QED) is 0.582. The molecule has 4 heterocycles. The van der Waals surface area contributed by atoms with E-state index in [0.717, 1.165) is 11.1 Å². The van der Waals surface area contributed by atoms with Gasteiger partial charge in [0.15, 0.2) is 5.54 Å². The van der Waals surface area contributed by atoms with E-state index in [4.69, 9.17) is 0 Å². The SMILES string of the molecule is Cc1cc2ccc(C(=O)NCC3(c4nccn4C)NC(=O)NC3=O)cn2c1. The number of pyridine rings is 1. The van der Waals surface area contributed by atoms with E-state index < -0.39 is 17.5 Å². The van der Waals surface area contributed by atoms with Crippen LogP contribution in [-0.2, 0) is 17.4 Å². The number of aromatic nitrogens is 3. The van der Waals surface area contributed by atoms with Gasteiger partial charge in [-0.3, -0.25) is 14.9 Å². The second-order valence-electron chi connectivity index (χ2n) is 6.63. The summed E-state index contributed by atoms with van der Waals surface area (Å²) >= 11 is 0. The molecular weight excluding hydrogens is 348 g/mol. The number of fused-ring (bicyclic) bond motifs is 1. The number of carbonyl (C=O) groups is 3. The summed E-state index contributed by atoms with van der Waals surface area (Å²) in [6.45, 7) is 1.85. The molecule has 138 valence electrons. The average molecular weight is 366 g/mol. The van der Waals surface area contributed by atoms with Gasteiger partial charge in [-0.05, 0) is 30.7 Å². The second-order valence-corrected chi connectivity index (χ2v) is 6.63. The molecule has 3 aromatic heterocycles. The zero-order chi connectivity index (χ0) is 19.2. The van der Waals surface area contributed by atoms with Crippen LogP contribution in [0.5, 0.6) is 0 Å². The molecule has 3 N–H and O–H groups in total. The molecule has 1 atom stereocenters. The van der Waals surface area contributed by atoms with Crippen molar-refractivity contribution in [3.63, 3.8) is 0 Å². The molecule has 0 spiro atoms. The van der Waals surface area contributed by atoms with E-state index >= 15 is 0 Å². The Morgan fingerprint density at radius 3 is 2.78 bits per heavy atom. The smallest absolute Gasteiger partial charge is 0.322 e. The van der Waals surface area contributed by atoms with Gasteiger partial charge in [-0.25, -0.2) is 9.78 Å². The molecule has 1 unspecified atom stereocenters. The van der Waals surface area contributed by atoms with E-state index in [-0.39, 0.29) is 12.5 Å². The Morgan fingerprint density at radius 1 is 1.30 bits per heavy atom. The molecule has 0 bridgehead atoms. The van der Waals surface area contributed by atoms with Gasteiger partial charge in [0.1, 0.15) is 5.82 Å². The fourth-order valence-corrected chi connectivity index (χ4v) is 3.33. The van der Waals surface area contributed by atoms with Crippen molar-refractivity contribution < 1.29 is 14.4 Å². The van der Waals surface area contributed by atoms with Crippen LogP contribution in [0.25, 0.3) is 5.52 Å². The monoisotopic (exact) mass is 366 g/mol. The number of amides is 4. The third-order valence-corrected chi connectivity index (χ3v) is 4.65. The number of hydrogen-bond acceptors (Lipinski definition) is 4. The summed E-state index contributed by atoms with van der Waals surface area (Å²) < 4.78 is 3.49. The first kappa shape index (κ1) is 16.8. The zero-order valence-corrected chi connectivity index (χ0v) is 14.8. The molecule has 1 aliphatic rings. The maximum absolute atomic E-state index is 12.6. The second kappa shape index (κ2) is 5.97. The molecule has 4 rings (SSSR count). The molecule has 0 aliphatic carbocycles. The molecule has 0 aromatic carbocycles. The molecule has 4 amide bonds. The lowest BCUT2D eigenvalue weighted by Gasteiger charge is -2.25. The molecular formula is C18H18N6O3. The number of nitrogens with one attached hydrogen (secondary N) is 3. The van der Waals surface area contributed by atoms with Gasteiger partial charge in [0.05, 0.1) is 12.1 Å². The van der Waals surface area contributed by atoms with Crippen molar-refractivity contribution in [3.05, 3.63) is 59.9 Å². The third-order valence-electron chi connectivity index (χ3n) is 4.65. The summed E-state index contributed by atoms with van der Waals surface area (Å²) in [6.07, 6.45) is 6.84. The van der Waals surface area contributed by atoms with Crippen LogP contribution in [-0.4, -0.2) is 38.3 Å². The number of imidazole rings is 1. The van der Waals surface area contributed by atoms with Crippen LogP contribution in [0.15, 0.2) is 43.0 Å². The van der Waals surface area contributed by atoms with Crippen molar-refractivity contribution in [1.82, 2.24) is 29.9 Å². The molecule has 3 aromatic rings. The van der Waals surface area contributed by atoms with Crippen LogP contribution in [0.3, 0.4) is 0 Å². The lowest BCUT2D eigenvalue weighted by molar-refractivity contribution is -0.124. The summed E-state index contributed by atoms with van der Waals surface area (Å²) in [6, 6.07) is 4.95. The van der Waals surface area contributed by atoms with E-state index in [0.29, 0.717) is 11.4 Å². The Balaban J connectivity index is 1.60. The number of aryl methyl sites for hydroxylation is 2.